The van der Waals surface area contributed by atoms with Crippen LogP contribution in [0.3, 0.4) is 0 Å². The largest absolute Gasteiger partial charge is 0.434 e. The van der Waals surface area contributed by atoms with Crippen LogP contribution >= 0.6 is 0 Å². The van der Waals surface area contributed by atoms with Crippen LogP contribution in [0.1, 0.15) is 11.1 Å². The van der Waals surface area contributed by atoms with Crippen molar-refractivity contribution < 1.29 is 26.7 Å². The van der Waals surface area contributed by atoms with E-state index in [9.17, 15) is 22.0 Å². The smallest absolute Gasteiger partial charge is 0.416 e. The maximum absolute atomic E-state index is 12.8. The van der Waals surface area contributed by atoms with Crippen molar-refractivity contribution in [1.82, 2.24) is 15.8 Å². The molecular weight excluding hydrogens is 333 g/mol. The van der Waals surface area contributed by atoms with Gasteiger partial charge in [0.25, 0.3) is 0 Å². The highest BCUT2D eigenvalue weighted by atomic mass is 19.4. The molecule has 1 aliphatic heterocycles. The summed E-state index contributed by atoms with van der Waals surface area (Å²) in [6.07, 6.45) is -0.0703. The third-order valence-electron chi connectivity index (χ3n) is 3.34. The Morgan fingerprint density at radius 2 is 1.92 bits per heavy atom. The molecule has 1 aliphatic rings. The molecule has 2 heterocycles. The van der Waals surface area contributed by atoms with Gasteiger partial charge in [0.2, 0.25) is 0 Å². The number of hydrazine groups is 1. The van der Waals surface area contributed by atoms with E-state index in [-0.39, 0.29) is 5.56 Å². The number of ether oxygens (including phenoxy) is 1. The Kier molecular flexibility index (Phi) is 4.00. The molecule has 0 amide bonds. The Labute approximate surface area is 132 Å². The number of nitrogens with zero attached hydrogens (tertiary/aromatic N) is 1. The van der Waals surface area contributed by atoms with Crippen LogP contribution in [-0.2, 0) is 6.18 Å². The summed E-state index contributed by atoms with van der Waals surface area (Å²) in [7, 11) is 0. The van der Waals surface area contributed by atoms with E-state index in [2.05, 4.69) is 20.6 Å². The van der Waals surface area contributed by atoms with Gasteiger partial charge in [-0.2, -0.15) is 22.0 Å². The molecule has 4 nitrogen and oxygen atoms in total. The van der Waals surface area contributed by atoms with Crippen molar-refractivity contribution in [2.75, 3.05) is 0 Å². The minimum Gasteiger partial charge on any atom is -0.434 e. The molecule has 1 aromatic heterocycles. The first-order valence-electron chi connectivity index (χ1n) is 6.69. The highest BCUT2D eigenvalue weighted by Gasteiger charge is 2.32. The fourth-order valence-corrected chi connectivity index (χ4v) is 2.31. The second kappa shape index (κ2) is 5.99. The summed E-state index contributed by atoms with van der Waals surface area (Å²) in [5.74, 6) is -0.575. The summed E-state index contributed by atoms with van der Waals surface area (Å²) in [6.45, 7) is -3.26. The van der Waals surface area contributed by atoms with Crippen molar-refractivity contribution in [3.8, 4) is 5.75 Å². The van der Waals surface area contributed by atoms with Crippen LogP contribution in [0.25, 0.3) is 11.9 Å². The number of nitrogens with one attached hydrogen (secondary N) is 2. The first-order valence-corrected chi connectivity index (χ1v) is 6.69. The topological polar surface area (TPSA) is 46.2 Å². The average Bonchev–Trinajstić information content (AvgIpc) is 2.53. The van der Waals surface area contributed by atoms with Crippen LogP contribution < -0.4 is 26.0 Å². The van der Waals surface area contributed by atoms with Gasteiger partial charge in [0.15, 0.2) is 0 Å². The molecule has 2 N–H and O–H groups in total. The van der Waals surface area contributed by atoms with Gasteiger partial charge in [-0.05, 0) is 24.3 Å². The quantitative estimate of drug-likeness (QED) is 0.833. The minimum atomic E-state index is -4.67. The molecule has 3 rings (SSSR count). The van der Waals surface area contributed by atoms with Crippen molar-refractivity contribution in [3.05, 3.63) is 58.2 Å². The van der Waals surface area contributed by atoms with E-state index in [1.807, 2.05) is 0 Å². The highest BCUT2D eigenvalue weighted by Crippen LogP contribution is 2.35. The van der Waals surface area contributed by atoms with Crippen molar-refractivity contribution in [1.29, 1.82) is 0 Å². The first kappa shape index (κ1) is 16.0. The van der Waals surface area contributed by atoms with Crippen LogP contribution in [0.2, 0.25) is 0 Å². The molecular formula is C15H10F5N3O. The zero-order valence-corrected chi connectivity index (χ0v) is 11.9. The Hall–Kier alpha value is -2.84. The molecule has 0 spiro atoms. The zero-order valence-electron chi connectivity index (χ0n) is 11.9. The molecule has 24 heavy (non-hydrogen) atoms. The van der Waals surface area contributed by atoms with Gasteiger partial charge in [-0.15, -0.1) is 0 Å². The molecule has 9 heteroatoms. The summed E-state index contributed by atoms with van der Waals surface area (Å²) in [5.41, 5.74) is 4.73. The van der Waals surface area contributed by atoms with Gasteiger partial charge >= 0.3 is 12.8 Å². The third kappa shape index (κ3) is 3.10. The van der Waals surface area contributed by atoms with E-state index in [0.717, 1.165) is 12.1 Å². The van der Waals surface area contributed by atoms with Gasteiger partial charge in [0.1, 0.15) is 5.75 Å². The van der Waals surface area contributed by atoms with Crippen LogP contribution in [0.5, 0.6) is 5.75 Å². The molecule has 0 atom stereocenters. The van der Waals surface area contributed by atoms with Crippen LogP contribution in [0.15, 0.2) is 36.7 Å². The summed E-state index contributed by atoms with van der Waals surface area (Å²) < 4.78 is 68.0. The predicted octanol–water partition coefficient (Wildman–Crippen LogP) is 1.70. The lowest BCUT2D eigenvalue weighted by atomic mass is 10.0. The van der Waals surface area contributed by atoms with Crippen molar-refractivity contribution in [2.24, 2.45) is 0 Å². The summed E-state index contributed by atoms with van der Waals surface area (Å²) in [6, 6.07) is 4.05. The molecule has 126 valence electrons. The van der Waals surface area contributed by atoms with E-state index in [4.69, 9.17) is 0 Å². The summed E-state index contributed by atoms with van der Waals surface area (Å²) >= 11 is 0. The van der Waals surface area contributed by atoms with E-state index in [0.29, 0.717) is 22.2 Å². The van der Waals surface area contributed by atoms with E-state index in [1.54, 1.807) is 12.3 Å². The molecule has 1 aromatic carbocycles. The second-order valence-electron chi connectivity index (χ2n) is 4.84. The lowest BCUT2D eigenvalue weighted by Gasteiger charge is -2.19. The average molecular weight is 343 g/mol. The predicted molar refractivity (Wildman–Crippen MR) is 74.8 cm³/mol. The number of hydrogen-bond acceptors (Lipinski definition) is 4. The fraction of sp³-hybridized carbons (Fsp3) is 0.133. The van der Waals surface area contributed by atoms with Gasteiger partial charge in [0.05, 0.1) is 11.3 Å². The molecule has 0 unspecified atom stereocenters. The van der Waals surface area contributed by atoms with Crippen molar-refractivity contribution in [2.45, 2.75) is 12.8 Å². The lowest BCUT2D eigenvalue weighted by Crippen LogP contribution is -2.43. The molecule has 0 saturated carbocycles. The Balaban J connectivity index is 2.23. The van der Waals surface area contributed by atoms with Gasteiger partial charge in [-0.25, -0.2) is 0 Å². The van der Waals surface area contributed by atoms with E-state index >= 15 is 0 Å². The number of alkyl halides is 5. The molecule has 0 aliphatic carbocycles. The number of benzene rings is 1. The SMILES string of the molecule is FC(F)Oc1cc(C(F)(F)F)ccc1C1=c2ccncc2=CNN1. The van der Waals surface area contributed by atoms with Crippen LogP contribution in [0, 0.1) is 0 Å². The molecule has 0 radical (unpaired) electrons. The van der Waals surface area contributed by atoms with E-state index < -0.39 is 24.1 Å². The number of aromatic nitrogens is 1. The number of halogens is 5. The standard InChI is InChI=1S/C15H10F5N3O/c16-14(17)24-12-5-9(15(18,19)20)1-2-11(12)13-10-3-4-21-6-8(10)7-22-23-13/h1-7,14,22-23H. The van der Waals surface area contributed by atoms with E-state index in [1.165, 1.54) is 12.4 Å². The fourth-order valence-electron chi connectivity index (χ4n) is 2.31. The monoisotopic (exact) mass is 343 g/mol. The van der Waals surface area contributed by atoms with Gasteiger partial charge in [-0.1, -0.05) is 0 Å². The first-order chi connectivity index (χ1) is 11.4. The van der Waals surface area contributed by atoms with Gasteiger partial charge in [0, 0.05) is 34.6 Å². The summed E-state index contributed by atoms with van der Waals surface area (Å²) in [4.78, 5) is 3.93. The van der Waals surface area contributed by atoms with Gasteiger partial charge in [-0.3, -0.25) is 4.98 Å². The molecule has 0 bridgehead atoms. The second-order valence-corrected chi connectivity index (χ2v) is 4.84. The minimum absolute atomic E-state index is 0.0661. The highest BCUT2D eigenvalue weighted by molar-refractivity contribution is 5.70. The summed E-state index contributed by atoms with van der Waals surface area (Å²) in [5, 5.41) is 1.23. The van der Waals surface area contributed by atoms with Crippen molar-refractivity contribution >= 4 is 11.9 Å². The van der Waals surface area contributed by atoms with Gasteiger partial charge < -0.3 is 15.6 Å². The number of rotatable bonds is 3. The zero-order chi connectivity index (χ0) is 17.3. The number of pyridine rings is 1. The normalized spacial score (nSPS) is 13.7. The third-order valence-corrected chi connectivity index (χ3v) is 3.34. The Morgan fingerprint density at radius 1 is 1.12 bits per heavy atom. The molecule has 0 fully saturated rings. The maximum atomic E-state index is 12.8. The van der Waals surface area contributed by atoms with Crippen LogP contribution in [0.4, 0.5) is 22.0 Å². The Morgan fingerprint density at radius 3 is 2.62 bits per heavy atom. The van der Waals surface area contributed by atoms with Crippen molar-refractivity contribution in [3.63, 3.8) is 0 Å². The maximum Gasteiger partial charge on any atom is 0.416 e. The molecule has 0 saturated heterocycles. The lowest BCUT2D eigenvalue weighted by molar-refractivity contribution is -0.138. The molecule has 2 aromatic rings. The number of fused-ring (bicyclic) bond motifs is 1. The van der Waals surface area contributed by atoms with Crippen LogP contribution in [-0.4, -0.2) is 11.6 Å². The Bertz CT molecular complexity index is 879. The number of hydrogen-bond donors (Lipinski definition) is 2.